The van der Waals surface area contributed by atoms with Gasteiger partial charge in [0.05, 0.1) is 23.1 Å². The lowest BCUT2D eigenvalue weighted by molar-refractivity contribution is -0.120. The molecule has 3 aromatic rings. The fourth-order valence-corrected chi connectivity index (χ4v) is 2.87. The molecule has 0 spiro atoms. The van der Waals surface area contributed by atoms with Crippen molar-refractivity contribution in [1.29, 1.82) is 0 Å². The Bertz CT molecular complexity index is 874. The molecule has 7 heteroatoms. The molecule has 1 heterocycles. The fourth-order valence-electron chi connectivity index (χ4n) is 2.41. The quantitative estimate of drug-likeness (QED) is 0.593. The maximum Gasteiger partial charge on any atom is 0.252 e. The summed E-state index contributed by atoms with van der Waals surface area (Å²) < 4.78 is 0.692. The Kier molecular flexibility index (Phi) is 5.45. The number of hydrogen-bond donors (Lipinski definition) is 3. The van der Waals surface area contributed by atoms with Crippen LogP contribution in [-0.4, -0.2) is 34.9 Å². The lowest BCUT2D eigenvalue weighted by atomic mass is 10.2. The second-order valence-corrected chi connectivity index (χ2v) is 6.32. The van der Waals surface area contributed by atoms with Gasteiger partial charge in [-0.15, -0.1) is 0 Å². The van der Waals surface area contributed by atoms with Crippen LogP contribution >= 0.6 is 15.9 Å². The van der Waals surface area contributed by atoms with Crippen LogP contribution in [-0.2, 0) is 11.2 Å². The number of aromatic nitrogens is 2. The molecule has 3 N–H and O–H groups in total. The molecule has 0 fully saturated rings. The summed E-state index contributed by atoms with van der Waals surface area (Å²) in [4.78, 5) is 31.5. The predicted octanol–water partition coefficient (Wildman–Crippen LogP) is 2.41. The van der Waals surface area contributed by atoms with Gasteiger partial charge < -0.3 is 15.6 Å². The molecule has 25 heavy (non-hydrogen) atoms. The van der Waals surface area contributed by atoms with E-state index in [2.05, 4.69) is 36.5 Å². The van der Waals surface area contributed by atoms with Crippen LogP contribution in [0.15, 0.2) is 53.0 Å². The third-order valence-corrected chi connectivity index (χ3v) is 4.34. The Morgan fingerprint density at radius 3 is 2.60 bits per heavy atom. The van der Waals surface area contributed by atoms with E-state index >= 15 is 0 Å². The lowest BCUT2D eigenvalue weighted by Crippen LogP contribution is -2.37. The smallest absolute Gasteiger partial charge is 0.252 e. The molecular formula is C18H17BrN4O2. The molecule has 0 saturated carbocycles. The average molecular weight is 401 g/mol. The van der Waals surface area contributed by atoms with Gasteiger partial charge >= 0.3 is 0 Å². The average Bonchev–Trinajstić information content (AvgIpc) is 3.03. The summed E-state index contributed by atoms with van der Waals surface area (Å²) in [5, 5.41) is 5.38. The Morgan fingerprint density at radius 2 is 1.80 bits per heavy atom. The van der Waals surface area contributed by atoms with Crippen LogP contribution in [0, 0.1) is 0 Å². The molecule has 3 rings (SSSR count). The highest BCUT2D eigenvalue weighted by Crippen LogP contribution is 2.15. The molecule has 0 aliphatic carbocycles. The zero-order chi connectivity index (χ0) is 17.6. The SMILES string of the molecule is O=C(CNC(=O)c1ccccc1Br)NCCc1nc2ccccc2[nH]1. The highest BCUT2D eigenvalue weighted by Gasteiger charge is 2.10. The number of aromatic amines is 1. The van der Waals surface area contributed by atoms with Crippen LogP contribution in [0.5, 0.6) is 0 Å². The van der Waals surface area contributed by atoms with Crippen LogP contribution in [0.4, 0.5) is 0 Å². The summed E-state index contributed by atoms with van der Waals surface area (Å²) in [6.45, 7) is 0.379. The van der Waals surface area contributed by atoms with Gasteiger partial charge in [-0.1, -0.05) is 24.3 Å². The van der Waals surface area contributed by atoms with E-state index in [0.29, 0.717) is 23.0 Å². The van der Waals surface area contributed by atoms with E-state index in [-0.39, 0.29) is 18.4 Å². The number of hydrogen-bond acceptors (Lipinski definition) is 3. The van der Waals surface area contributed by atoms with Crippen molar-refractivity contribution in [3.63, 3.8) is 0 Å². The number of nitrogens with one attached hydrogen (secondary N) is 3. The molecule has 0 aliphatic rings. The number of carbonyl (C=O) groups is 2. The molecule has 0 bridgehead atoms. The van der Waals surface area contributed by atoms with Crippen molar-refractivity contribution in [3.8, 4) is 0 Å². The third kappa shape index (κ3) is 4.45. The topological polar surface area (TPSA) is 86.9 Å². The molecule has 0 aliphatic heterocycles. The van der Waals surface area contributed by atoms with Crippen LogP contribution in [0.2, 0.25) is 0 Å². The van der Waals surface area contributed by atoms with Gasteiger partial charge in [-0.25, -0.2) is 4.98 Å². The van der Waals surface area contributed by atoms with E-state index in [1.165, 1.54) is 0 Å². The van der Waals surface area contributed by atoms with Crippen molar-refractivity contribution in [2.45, 2.75) is 6.42 Å². The van der Waals surface area contributed by atoms with E-state index < -0.39 is 0 Å². The number of H-pyrrole nitrogens is 1. The van der Waals surface area contributed by atoms with Gasteiger partial charge in [-0.2, -0.15) is 0 Å². The molecule has 0 atom stereocenters. The molecule has 0 unspecified atom stereocenters. The summed E-state index contributed by atoms with van der Waals surface area (Å²) in [7, 11) is 0. The number of amides is 2. The number of para-hydroxylation sites is 2. The summed E-state index contributed by atoms with van der Waals surface area (Å²) in [5.74, 6) is 0.287. The molecule has 1 aromatic heterocycles. The van der Waals surface area contributed by atoms with Gasteiger partial charge in [0, 0.05) is 17.4 Å². The minimum absolute atomic E-state index is 0.0691. The Morgan fingerprint density at radius 1 is 1.04 bits per heavy atom. The number of carbonyl (C=O) groups excluding carboxylic acids is 2. The van der Waals surface area contributed by atoms with E-state index in [9.17, 15) is 9.59 Å². The highest BCUT2D eigenvalue weighted by molar-refractivity contribution is 9.10. The molecule has 0 radical (unpaired) electrons. The first kappa shape index (κ1) is 17.2. The second kappa shape index (κ2) is 7.94. The minimum atomic E-state index is -0.292. The van der Waals surface area contributed by atoms with Crippen molar-refractivity contribution >= 4 is 38.8 Å². The normalized spacial score (nSPS) is 10.6. The monoisotopic (exact) mass is 400 g/mol. The van der Waals surface area contributed by atoms with Crippen molar-refractivity contribution in [2.24, 2.45) is 0 Å². The predicted molar refractivity (Wildman–Crippen MR) is 99.3 cm³/mol. The largest absolute Gasteiger partial charge is 0.354 e. The highest BCUT2D eigenvalue weighted by atomic mass is 79.9. The Hall–Kier alpha value is -2.67. The lowest BCUT2D eigenvalue weighted by Gasteiger charge is -2.07. The van der Waals surface area contributed by atoms with Gasteiger partial charge in [0.25, 0.3) is 5.91 Å². The summed E-state index contributed by atoms with van der Waals surface area (Å²) in [6, 6.07) is 14.8. The van der Waals surface area contributed by atoms with Crippen LogP contribution in [0.1, 0.15) is 16.2 Å². The first-order valence-electron chi connectivity index (χ1n) is 7.86. The number of fused-ring (bicyclic) bond motifs is 1. The molecule has 2 amide bonds. The van der Waals surface area contributed by atoms with Crippen LogP contribution in [0.3, 0.4) is 0 Å². The van der Waals surface area contributed by atoms with Crippen molar-refractivity contribution in [1.82, 2.24) is 20.6 Å². The number of rotatable bonds is 6. The Balaban J connectivity index is 1.43. The first-order valence-corrected chi connectivity index (χ1v) is 8.66. The van der Waals surface area contributed by atoms with Gasteiger partial charge in [0.15, 0.2) is 0 Å². The van der Waals surface area contributed by atoms with E-state index in [1.54, 1.807) is 18.2 Å². The molecular weight excluding hydrogens is 384 g/mol. The van der Waals surface area contributed by atoms with Gasteiger partial charge in [0.2, 0.25) is 5.91 Å². The zero-order valence-electron chi connectivity index (χ0n) is 13.4. The standard InChI is InChI=1S/C18H17BrN4O2/c19-13-6-2-1-5-12(13)18(25)21-11-17(24)20-10-9-16-22-14-7-3-4-8-15(14)23-16/h1-8H,9-11H2,(H,20,24)(H,21,25)(H,22,23). The second-order valence-electron chi connectivity index (χ2n) is 5.46. The van der Waals surface area contributed by atoms with Crippen molar-refractivity contribution in [3.05, 3.63) is 64.4 Å². The molecule has 6 nitrogen and oxygen atoms in total. The van der Waals surface area contributed by atoms with Crippen LogP contribution < -0.4 is 10.6 Å². The minimum Gasteiger partial charge on any atom is -0.354 e. The number of halogens is 1. The molecule has 2 aromatic carbocycles. The number of imidazole rings is 1. The maximum absolute atomic E-state index is 12.0. The maximum atomic E-state index is 12.0. The van der Waals surface area contributed by atoms with E-state index in [1.807, 2.05) is 30.3 Å². The van der Waals surface area contributed by atoms with Gasteiger partial charge in [-0.3, -0.25) is 9.59 Å². The number of benzene rings is 2. The zero-order valence-corrected chi connectivity index (χ0v) is 15.0. The number of nitrogens with zero attached hydrogens (tertiary/aromatic N) is 1. The van der Waals surface area contributed by atoms with Crippen molar-refractivity contribution < 1.29 is 9.59 Å². The molecule has 128 valence electrons. The van der Waals surface area contributed by atoms with Crippen LogP contribution in [0.25, 0.3) is 11.0 Å². The Labute approximate surface area is 153 Å². The summed E-state index contributed by atoms with van der Waals surface area (Å²) >= 11 is 3.31. The van der Waals surface area contributed by atoms with E-state index in [0.717, 1.165) is 16.9 Å². The van der Waals surface area contributed by atoms with Gasteiger partial charge in [-0.05, 0) is 40.2 Å². The molecule has 0 saturated heterocycles. The van der Waals surface area contributed by atoms with E-state index in [4.69, 9.17) is 0 Å². The summed E-state index contributed by atoms with van der Waals surface area (Å²) in [6.07, 6.45) is 0.596. The first-order chi connectivity index (χ1) is 12.1. The third-order valence-electron chi connectivity index (χ3n) is 3.65. The summed E-state index contributed by atoms with van der Waals surface area (Å²) in [5.41, 5.74) is 2.38. The van der Waals surface area contributed by atoms with Gasteiger partial charge in [0.1, 0.15) is 5.82 Å². The fraction of sp³-hybridized carbons (Fsp3) is 0.167. The van der Waals surface area contributed by atoms with Crippen molar-refractivity contribution in [2.75, 3.05) is 13.1 Å².